The number of hydrogen-bond acceptors (Lipinski definition) is 2. The Morgan fingerprint density at radius 2 is 2.27 bits per heavy atom. The van der Waals surface area contributed by atoms with Crippen molar-refractivity contribution in [1.29, 1.82) is 0 Å². The largest absolute Gasteiger partial charge is 0.323 e. The minimum atomic E-state index is 0. The Hall–Kier alpha value is -1.03. The number of hydrogen-bond donors (Lipinski definition) is 2. The van der Waals surface area contributed by atoms with Crippen molar-refractivity contribution in [3.05, 3.63) is 11.9 Å². The molecule has 1 amide bonds. The molecule has 1 aromatic heterocycles. The van der Waals surface area contributed by atoms with E-state index in [1.54, 1.807) is 6.20 Å². The topological polar surface area (TPSA) is 57.8 Å². The van der Waals surface area contributed by atoms with Gasteiger partial charge in [-0.05, 0) is 6.42 Å². The predicted molar refractivity (Wildman–Crippen MR) is 42.8 cm³/mol. The van der Waals surface area contributed by atoms with E-state index in [0.717, 1.165) is 17.8 Å². The predicted octanol–water partition coefficient (Wildman–Crippen LogP) is 0.716. The molecule has 2 N–H and O–H groups in total. The fourth-order valence-electron chi connectivity index (χ4n) is 1.06. The molecule has 11 heavy (non-hydrogen) atoms. The minimum Gasteiger partial charge on any atom is -0.323 e. The van der Waals surface area contributed by atoms with E-state index in [0.29, 0.717) is 6.42 Å². The standard InChI is InChI=1S/C6H7N3O.ClH/c10-6-2-1-4-5(8-6)3-7-9-4;/h3H,1-2H2,(H,7,9)(H,8,10);1H. The number of nitrogens with one attached hydrogen (secondary N) is 2. The highest BCUT2D eigenvalue weighted by molar-refractivity contribution is 5.93. The van der Waals surface area contributed by atoms with Crippen LogP contribution in [0, 0.1) is 0 Å². The number of fused-ring (bicyclic) bond motifs is 1. The smallest absolute Gasteiger partial charge is 0.224 e. The average molecular weight is 174 g/mol. The summed E-state index contributed by atoms with van der Waals surface area (Å²) in [6, 6.07) is 0. The van der Waals surface area contributed by atoms with E-state index < -0.39 is 0 Å². The molecule has 5 heteroatoms. The fraction of sp³-hybridized carbons (Fsp3) is 0.333. The first-order valence-electron chi connectivity index (χ1n) is 3.18. The van der Waals surface area contributed by atoms with Gasteiger partial charge >= 0.3 is 0 Å². The normalized spacial score (nSPS) is 14.7. The van der Waals surface area contributed by atoms with E-state index in [1.165, 1.54) is 0 Å². The monoisotopic (exact) mass is 173 g/mol. The van der Waals surface area contributed by atoms with Crippen LogP contribution < -0.4 is 5.32 Å². The zero-order chi connectivity index (χ0) is 6.97. The van der Waals surface area contributed by atoms with E-state index in [2.05, 4.69) is 15.5 Å². The molecule has 1 aliphatic heterocycles. The molecule has 0 radical (unpaired) electrons. The quantitative estimate of drug-likeness (QED) is 0.607. The van der Waals surface area contributed by atoms with Crippen molar-refractivity contribution in [2.24, 2.45) is 0 Å². The second-order valence-electron chi connectivity index (χ2n) is 2.31. The molecule has 1 aliphatic rings. The molecule has 0 aliphatic carbocycles. The summed E-state index contributed by atoms with van der Waals surface area (Å²) in [7, 11) is 0. The van der Waals surface area contributed by atoms with Crippen molar-refractivity contribution in [3.63, 3.8) is 0 Å². The average Bonchev–Trinajstić information content (AvgIpc) is 2.33. The number of H-pyrrole nitrogens is 1. The van der Waals surface area contributed by atoms with Crippen LogP contribution in [-0.4, -0.2) is 16.1 Å². The number of nitrogens with zero attached hydrogens (tertiary/aromatic N) is 1. The van der Waals surface area contributed by atoms with Gasteiger partial charge in [0, 0.05) is 6.42 Å². The highest BCUT2D eigenvalue weighted by Gasteiger charge is 2.14. The molecule has 2 rings (SSSR count). The van der Waals surface area contributed by atoms with Crippen LogP contribution in [0.4, 0.5) is 5.69 Å². The summed E-state index contributed by atoms with van der Waals surface area (Å²) in [6.45, 7) is 0. The van der Waals surface area contributed by atoms with E-state index >= 15 is 0 Å². The molecule has 4 nitrogen and oxygen atoms in total. The Bertz CT molecular complexity index is 271. The summed E-state index contributed by atoms with van der Waals surface area (Å²) in [5.41, 5.74) is 1.86. The van der Waals surface area contributed by atoms with Gasteiger partial charge in [0.25, 0.3) is 0 Å². The van der Waals surface area contributed by atoms with Crippen LogP contribution in [-0.2, 0) is 11.2 Å². The molecule has 0 unspecified atom stereocenters. The number of rotatable bonds is 0. The number of carbonyl (C=O) groups is 1. The number of anilines is 1. The second-order valence-corrected chi connectivity index (χ2v) is 2.31. The lowest BCUT2D eigenvalue weighted by Crippen LogP contribution is -2.17. The molecule has 2 heterocycles. The number of carbonyl (C=O) groups excluding carboxylic acids is 1. The number of aromatic amines is 1. The Morgan fingerprint density at radius 3 is 3.09 bits per heavy atom. The Balaban J connectivity index is 0.000000605. The van der Waals surface area contributed by atoms with E-state index in [4.69, 9.17) is 0 Å². The number of aryl methyl sites for hydroxylation is 1. The SMILES string of the molecule is Cl.O=C1CCc2[nH]ncc2N1. The van der Waals surface area contributed by atoms with Crippen LogP contribution in [0.5, 0.6) is 0 Å². The maximum Gasteiger partial charge on any atom is 0.224 e. The summed E-state index contributed by atoms with van der Waals surface area (Å²) in [5.74, 6) is 0.0777. The van der Waals surface area contributed by atoms with Gasteiger partial charge in [0.1, 0.15) is 0 Å². The lowest BCUT2D eigenvalue weighted by atomic mass is 10.1. The number of amides is 1. The third kappa shape index (κ3) is 1.35. The molecule has 0 atom stereocenters. The molecule has 0 saturated carbocycles. The second kappa shape index (κ2) is 2.92. The van der Waals surface area contributed by atoms with Gasteiger partial charge in [0.15, 0.2) is 0 Å². The van der Waals surface area contributed by atoms with Crippen LogP contribution in [0.1, 0.15) is 12.1 Å². The highest BCUT2D eigenvalue weighted by Crippen LogP contribution is 2.17. The number of aromatic nitrogens is 2. The maximum atomic E-state index is 10.8. The molecule has 0 fully saturated rings. The molecule has 0 spiro atoms. The van der Waals surface area contributed by atoms with Gasteiger partial charge in [-0.1, -0.05) is 0 Å². The maximum absolute atomic E-state index is 10.8. The van der Waals surface area contributed by atoms with Gasteiger partial charge in [-0.15, -0.1) is 12.4 Å². The van der Waals surface area contributed by atoms with Crippen molar-refractivity contribution in [2.45, 2.75) is 12.8 Å². The van der Waals surface area contributed by atoms with Gasteiger partial charge < -0.3 is 5.32 Å². The molecular weight excluding hydrogens is 166 g/mol. The van der Waals surface area contributed by atoms with Crippen molar-refractivity contribution in [1.82, 2.24) is 10.2 Å². The van der Waals surface area contributed by atoms with Gasteiger partial charge in [-0.25, -0.2) is 0 Å². The van der Waals surface area contributed by atoms with E-state index in [1.807, 2.05) is 0 Å². The Morgan fingerprint density at radius 1 is 1.45 bits per heavy atom. The van der Waals surface area contributed by atoms with Gasteiger partial charge in [0.05, 0.1) is 17.6 Å². The molecule has 60 valence electrons. The van der Waals surface area contributed by atoms with Crippen LogP contribution in [0.25, 0.3) is 0 Å². The molecule has 0 aromatic carbocycles. The summed E-state index contributed by atoms with van der Waals surface area (Å²) >= 11 is 0. The minimum absolute atomic E-state index is 0. The Labute approximate surface area is 69.8 Å². The first-order chi connectivity index (χ1) is 4.86. The first kappa shape index (κ1) is 8.07. The van der Waals surface area contributed by atoms with Gasteiger partial charge in [-0.3, -0.25) is 9.89 Å². The lowest BCUT2D eigenvalue weighted by molar-refractivity contribution is -0.116. The van der Waals surface area contributed by atoms with Crippen LogP contribution >= 0.6 is 12.4 Å². The summed E-state index contributed by atoms with van der Waals surface area (Å²) < 4.78 is 0. The van der Waals surface area contributed by atoms with Crippen molar-refractivity contribution in [3.8, 4) is 0 Å². The van der Waals surface area contributed by atoms with Gasteiger partial charge in [0.2, 0.25) is 5.91 Å². The lowest BCUT2D eigenvalue weighted by Gasteiger charge is -2.09. The Kier molecular flexibility index (Phi) is 2.14. The zero-order valence-electron chi connectivity index (χ0n) is 5.76. The fourth-order valence-corrected chi connectivity index (χ4v) is 1.06. The first-order valence-corrected chi connectivity index (χ1v) is 3.18. The molecule has 1 aromatic rings. The third-order valence-corrected chi connectivity index (χ3v) is 1.59. The van der Waals surface area contributed by atoms with E-state index in [-0.39, 0.29) is 18.3 Å². The van der Waals surface area contributed by atoms with Crippen molar-refractivity contribution in [2.75, 3.05) is 5.32 Å². The van der Waals surface area contributed by atoms with Crippen molar-refractivity contribution < 1.29 is 4.79 Å². The zero-order valence-corrected chi connectivity index (χ0v) is 6.57. The van der Waals surface area contributed by atoms with E-state index in [9.17, 15) is 4.79 Å². The third-order valence-electron chi connectivity index (χ3n) is 1.59. The highest BCUT2D eigenvalue weighted by atomic mass is 35.5. The van der Waals surface area contributed by atoms with Crippen molar-refractivity contribution >= 4 is 24.0 Å². The van der Waals surface area contributed by atoms with Gasteiger partial charge in [-0.2, -0.15) is 5.10 Å². The molecular formula is C6H8ClN3O. The summed E-state index contributed by atoms with van der Waals surface area (Å²) in [6.07, 6.45) is 2.97. The molecule has 0 bridgehead atoms. The molecule has 0 saturated heterocycles. The number of halogens is 1. The van der Waals surface area contributed by atoms with Crippen LogP contribution in [0.2, 0.25) is 0 Å². The van der Waals surface area contributed by atoms with Crippen LogP contribution in [0.15, 0.2) is 6.20 Å². The van der Waals surface area contributed by atoms with Crippen LogP contribution in [0.3, 0.4) is 0 Å². The summed E-state index contributed by atoms with van der Waals surface area (Å²) in [4.78, 5) is 10.8. The summed E-state index contributed by atoms with van der Waals surface area (Å²) in [5, 5.41) is 9.32.